The summed E-state index contributed by atoms with van der Waals surface area (Å²) in [4.78, 5) is 0.625. The fourth-order valence-electron chi connectivity index (χ4n) is 6.56. The SMILES string of the molecule is Cc1c(S(=O)(=O)NCC2CCOCC2)cc(-c2ccc(S(=O)(=O)NC(C)(C)C)c(C3(C)CC3)c2)n1CC1CCCCC1. The second kappa shape index (κ2) is 12.0. The Morgan fingerprint density at radius 3 is 2.19 bits per heavy atom. The minimum atomic E-state index is -3.74. The van der Waals surface area contributed by atoms with Gasteiger partial charge in [-0.15, -0.1) is 0 Å². The molecule has 1 aromatic carbocycles. The second-order valence-corrected chi connectivity index (χ2v) is 17.5. The lowest BCUT2D eigenvalue weighted by Crippen LogP contribution is -2.41. The van der Waals surface area contributed by atoms with Crippen LogP contribution in [0.3, 0.4) is 0 Å². The molecular formula is C32H49N3O5S2. The summed E-state index contributed by atoms with van der Waals surface area (Å²) in [6.07, 6.45) is 9.50. The van der Waals surface area contributed by atoms with Gasteiger partial charge in [0.15, 0.2) is 0 Å². The van der Waals surface area contributed by atoms with Crippen LogP contribution in [-0.4, -0.2) is 46.7 Å². The monoisotopic (exact) mass is 619 g/mol. The summed E-state index contributed by atoms with van der Waals surface area (Å²) in [5, 5.41) is 0. The molecule has 10 heteroatoms. The van der Waals surface area contributed by atoms with Crippen LogP contribution in [0.1, 0.15) is 96.7 Å². The highest BCUT2D eigenvalue weighted by molar-refractivity contribution is 7.89. The van der Waals surface area contributed by atoms with Crippen molar-refractivity contribution in [1.29, 1.82) is 0 Å². The van der Waals surface area contributed by atoms with E-state index in [-0.39, 0.29) is 11.3 Å². The average Bonchev–Trinajstić information content (AvgIpc) is 3.60. The van der Waals surface area contributed by atoms with Gasteiger partial charge in [0, 0.05) is 43.2 Å². The van der Waals surface area contributed by atoms with E-state index in [2.05, 4.69) is 20.9 Å². The summed E-state index contributed by atoms with van der Waals surface area (Å²) in [7, 11) is -7.48. The van der Waals surface area contributed by atoms with Crippen LogP contribution in [0, 0.1) is 18.8 Å². The largest absolute Gasteiger partial charge is 0.381 e. The van der Waals surface area contributed by atoms with E-state index in [1.165, 1.54) is 19.3 Å². The molecule has 1 saturated heterocycles. The van der Waals surface area contributed by atoms with Gasteiger partial charge >= 0.3 is 0 Å². The van der Waals surface area contributed by atoms with Crippen LogP contribution < -0.4 is 9.44 Å². The Hall–Kier alpha value is -1.72. The van der Waals surface area contributed by atoms with Crippen LogP contribution in [-0.2, 0) is 36.7 Å². The number of hydrogen-bond acceptors (Lipinski definition) is 5. The Kier molecular flexibility index (Phi) is 9.05. The number of nitrogens with zero attached hydrogens (tertiary/aromatic N) is 1. The third-order valence-corrected chi connectivity index (χ3v) is 12.7. The van der Waals surface area contributed by atoms with Crippen LogP contribution in [0.15, 0.2) is 34.1 Å². The zero-order chi connectivity index (χ0) is 30.3. The Morgan fingerprint density at radius 1 is 0.905 bits per heavy atom. The Morgan fingerprint density at radius 2 is 1.57 bits per heavy atom. The van der Waals surface area contributed by atoms with Crippen molar-refractivity contribution in [2.45, 2.75) is 120 Å². The predicted molar refractivity (Wildman–Crippen MR) is 167 cm³/mol. The van der Waals surface area contributed by atoms with E-state index in [0.29, 0.717) is 35.5 Å². The maximum atomic E-state index is 13.7. The van der Waals surface area contributed by atoms with Gasteiger partial charge < -0.3 is 9.30 Å². The van der Waals surface area contributed by atoms with Gasteiger partial charge in [0.05, 0.1) is 4.90 Å². The second-order valence-electron chi connectivity index (χ2n) is 14.1. The van der Waals surface area contributed by atoms with Crippen molar-refractivity contribution >= 4 is 20.0 Å². The number of benzene rings is 1. The molecule has 0 spiro atoms. The fourth-order valence-corrected chi connectivity index (χ4v) is 9.70. The van der Waals surface area contributed by atoms with Crippen molar-refractivity contribution in [2.24, 2.45) is 11.8 Å². The van der Waals surface area contributed by atoms with Gasteiger partial charge in [0.1, 0.15) is 4.90 Å². The molecule has 234 valence electrons. The minimum Gasteiger partial charge on any atom is -0.381 e. The molecule has 1 aliphatic heterocycles. The standard InChI is InChI=1S/C32H49N3O5S2/c1-23-30(41(36,37)33-21-24-13-17-40-18-14-24)20-28(35(23)22-25-9-7-6-8-10-25)26-11-12-29(27(19-26)32(5)15-16-32)42(38,39)34-31(2,3)4/h11-12,19-20,24-25,33-34H,6-10,13-18,21-22H2,1-5H3. The number of ether oxygens (including phenoxy) is 1. The van der Waals surface area contributed by atoms with Crippen LogP contribution in [0.2, 0.25) is 0 Å². The van der Waals surface area contributed by atoms with E-state index in [9.17, 15) is 16.8 Å². The van der Waals surface area contributed by atoms with Crippen molar-refractivity contribution in [1.82, 2.24) is 14.0 Å². The highest BCUT2D eigenvalue weighted by Crippen LogP contribution is 2.50. The van der Waals surface area contributed by atoms with Gasteiger partial charge in [0.2, 0.25) is 20.0 Å². The summed E-state index contributed by atoms with van der Waals surface area (Å²) in [6.45, 7) is 12.1. The molecule has 2 aliphatic carbocycles. The molecule has 2 N–H and O–H groups in total. The van der Waals surface area contributed by atoms with E-state index in [1.807, 2.05) is 39.8 Å². The van der Waals surface area contributed by atoms with Gasteiger partial charge in [-0.05, 0) is 113 Å². The van der Waals surface area contributed by atoms with Crippen molar-refractivity contribution in [3.63, 3.8) is 0 Å². The Balaban J connectivity index is 1.56. The third-order valence-electron chi connectivity index (χ3n) is 9.33. The lowest BCUT2D eigenvalue weighted by molar-refractivity contribution is 0.0678. The molecule has 0 atom stereocenters. The van der Waals surface area contributed by atoms with E-state index in [0.717, 1.165) is 67.6 Å². The topological polar surface area (TPSA) is 106 Å². The molecule has 2 saturated carbocycles. The van der Waals surface area contributed by atoms with E-state index >= 15 is 0 Å². The number of sulfonamides is 2. The van der Waals surface area contributed by atoms with Crippen LogP contribution >= 0.6 is 0 Å². The predicted octanol–water partition coefficient (Wildman–Crippen LogP) is 5.88. The third kappa shape index (κ3) is 7.15. The molecule has 42 heavy (non-hydrogen) atoms. The van der Waals surface area contributed by atoms with E-state index in [1.54, 1.807) is 12.1 Å². The normalized spacial score (nSPS) is 20.6. The molecule has 0 amide bonds. The van der Waals surface area contributed by atoms with Gasteiger partial charge in [-0.2, -0.15) is 0 Å². The van der Waals surface area contributed by atoms with E-state index in [4.69, 9.17) is 4.74 Å². The molecule has 0 unspecified atom stereocenters. The molecule has 0 radical (unpaired) electrons. The Bertz CT molecular complexity index is 1490. The van der Waals surface area contributed by atoms with Gasteiger partial charge in [-0.25, -0.2) is 26.3 Å². The number of rotatable bonds is 10. The van der Waals surface area contributed by atoms with Crippen LogP contribution in [0.4, 0.5) is 0 Å². The minimum absolute atomic E-state index is 0.214. The number of hydrogen-bond donors (Lipinski definition) is 2. The molecule has 1 aromatic heterocycles. The number of nitrogens with one attached hydrogen (secondary N) is 2. The molecule has 5 rings (SSSR count). The Labute approximate surface area is 253 Å². The molecule has 8 nitrogen and oxygen atoms in total. The van der Waals surface area contributed by atoms with Crippen LogP contribution in [0.5, 0.6) is 0 Å². The molecular weight excluding hydrogens is 571 g/mol. The molecule has 3 aliphatic rings. The zero-order valence-electron chi connectivity index (χ0n) is 26.0. The maximum absolute atomic E-state index is 13.7. The first-order valence-corrected chi connectivity index (χ1v) is 18.6. The maximum Gasteiger partial charge on any atom is 0.242 e. The fraction of sp³-hybridized carbons (Fsp3) is 0.688. The average molecular weight is 620 g/mol. The first-order valence-electron chi connectivity index (χ1n) is 15.6. The molecule has 2 heterocycles. The zero-order valence-corrected chi connectivity index (χ0v) is 27.6. The van der Waals surface area contributed by atoms with Gasteiger partial charge in [-0.1, -0.05) is 32.3 Å². The highest BCUT2D eigenvalue weighted by atomic mass is 32.2. The summed E-state index contributed by atoms with van der Waals surface area (Å²) in [6, 6.07) is 7.38. The van der Waals surface area contributed by atoms with E-state index < -0.39 is 25.6 Å². The highest BCUT2D eigenvalue weighted by Gasteiger charge is 2.43. The lowest BCUT2D eigenvalue weighted by atomic mass is 9.89. The van der Waals surface area contributed by atoms with Crippen molar-refractivity contribution in [2.75, 3.05) is 19.8 Å². The van der Waals surface area contributed by atoms with Crippen LogP contribution in [0.25, 0.3) is 11.3 Å². The first kappa shape index (κ1) is 31.7. The summed E-state index contributed by atoms with van der Waals surface area (Å²) >= 11 is 0. The van der Waals surface area contributed by atoms with Crippen molar-refractivity contribution in [3.8, 4) is 11.3 Å². The lowest BCUT2D eigenvalue weighted by Gasteiger charge is -2.25. The first-order chi connectivity index (χ1) is 19.7. The summed E-state index contributed by atoms with van der Waals surface area (Å²) in [5.74, 6) is 0.765. The summed E-state index contributed by atoms with van der Waals surface area (Å²) < 4.78 is 67.7. The molecule has 2 aromatic rings. The van der Waals surface area contributed by atoms with Gasteiger partial charge in [-0.3, -0.25) is 0 Å². The van der Waals surface area contributed by atoms with Crippen molar-refractivity contribution < 1.29 is 21.6 Å². The summed E-state index contributed by atoms with van der Waals surface area (Å²) in [5.41, 5.74) is 2.42. The number of aromatic nitrogens is 1. The quantitative estimate of drug-likeness (QED) is 0.346. The van der Waals surface area contributed by atoms with Gasteiger partial charge in [0.25, 0.3) is 0 Å². The molecule has 3 fully saturated rings. The smallest absolute Gasteiger partial charge is 0.242 e. The molecule has 0 bridgehead atoms. The van der Waals surface area contributed by atoms with Crippen molar-refractivity contribution in [3.05, 3.63) is 35.5 Å².